The summed E-state index contributed by atoms with van der Waals surface area (Å²) in [6.45, 7) is 5.49. The van der Waals surface area contributed by atoms with Crippen LogP contribution in [0.1, 0.15) is 31.4 Å². The minimum Gasteiger partial charge on any atom is -0.493 e. The van der Waals surface area contributed by atoms with Crippen molar-refractivity contribution in [3.8, 4) is 11.5 Å². The number of thioether (sulfide) groups is 1. The highest BCUT2D eigenvalue weighted by molar-refractivity contribution is 8.18. The number of ether oxygens (including phenoxy) is 2. The number of anilines is 1. The van der Waals surface area contributed by atoms with Crippen molar-refractivity contribution < 1.29 is 23.9 Å². The van der Waals surface area contributed by atoms with Crippen LogP contribution in [-0.4, -0.2) is 41.7 Å². The molecule has 2 aromatic rings. The smallest absolute Gasteiger partial charge is 0.294 e. The molecule has 1 atom stereocenters. The highest BCUT2D eigenvalue weighted by Crippen LogP contribution is 2.39. The molecule has 1 saturated heterocycles. The predicted octanol–water partition coefficient (Wildman–Crippen LogP) is 5.51. The summed E-state index contributed by atoms with van der Waals surface area (Å²) in [7, 11) is 1.50. The zero-order valence-electron chi connectivity index (χ0n) is 18.8. The second-order valence-corrected chi connectivity index (χ2v) is 8.95. The van der Waals surface area contributed by atoms with Crippen LogP contribution >= 0.6 is 23.4 Å². The van der Waals surface area contributed by atoms with Crippen molar-refractivity contribution in [1.29, 1.82) is 0 Å². The summed E-state index contributed by atoms with van der Waals surface area (Å²) in [4.78, 5) is 38.6. The average molecular weight is 489 g/mol. The van der Waals surface area contributed by atoms with Gasteiger partial charge in [-0.1, -0.05) is 36.2 Å². The van der Waals surface area contributed by atoms with Crippen molar-refractivity contribution in [2.75, 3.05) is 19.0 Å². The molecule has 7 nitrogen and oxygen atoms in total. The van der Waals surface area contributed by atoms with Gasteiger partial charge in [0.1, 0.15) is 6.54 Å². The summed E-state index contributed by atoms with van der Waals surface area (Å²) in [6.07, 6.45) is 2.29. The van der Waals surface area contributed by atoms with E-state index in [0.29, 0.717) is 27.8 Å². The minimum absolute atomic E-state index is 0.0511. The number of benzene rings is 2. The number of carbonyl (C=O) groups is 3. The molecule has 2 aromatic carbocycles. The third-order valence-electron chi connectivity index (χ3n) is 4.95. The fourth-order valence-corrected chi connectivity index (χ4v) is 4.09. The molecule has 3 amide bonds. The monoisotopic (exact) mass is 488 g/mol. The Morgan fingerprint density at radius 1 is 1.24 bits per heavy atom. The van der Waals surface area contributed by atoms with Gasteiger partial charge in [0.15, 0.2) is 11.5 Å². The number of hydrogen-bond acceptors (Lipinski definition) is 6. The predicted molar refractivity (Wildman–Crippen MR) is 131 cm³/mol. The lowest BCUT2D eigenvalue weighted by Crippen LogP contribution is -2.36. The van der Waals surface area contributed by atoms with Crippen LogP contribution in [0, 0.1) is 6.92 Å². The fraction of sp³-hybridized carbons (Fsp3) is 0.292. The summed E-state index contributed by atoms with van der Waals surface area (Å²) < 4.78 is 11.2. The lowest BCUT2D eigenvalue weighted by atomic mass is 10.1. The van der Waals surface area contributed by atoms with Crippen LogP contribution < -0.4 is 14.8 Å². The summed E-state index contributed by atoms with van der Waals surface area (Å²) in [5.41, 5.74) is 2.22. The number of amides is 3. The lowest BCUT2D eigenvalue weighted by molar-refractivity contribution is -0.127. The third-order valence-corrected chi connectivity index (χ3v) is 6.14. The molecule has 0 aliphatic carbocycles. The normalized spacial score (nSPS) is 15.7. The Labute approximate surface area is 202 Å². The van der Waals surface area contributed by atoms with Crippen molar-refractivity contribution in [3.63, 3.8) is 0 Å². The van der Waals surface area contributed by atoms with E-state index in [-0.39, 0.29) is 17.6 Å². The maximum absolute atomic E-state index is 12.8. The van der Waals surface area contributed by atoms with Crippen molar-refractivity contribution in [2.24, 2.45) is 0 Å². The van der Waals surface area contributed by atoms with Crippen LogP contribution in [0.15, 0.2) is 41.3 Å². The van der Waals surface area contributed by atoms with Gasteiger partial charge in [0.05, 0.1) is 23.1 Å². The maximum atomic E-state index is 12.8. The molecule has 1 heterocycles. The van der Waals surface area contributed by atoms with Gasteiger partial charge in [0, 0.05) is 5.69 Å². The molecule has 1 N–H and O–H groups in total. The number of carbonyl (C=O) groups excluding carboxylic acids is 3. The molecule has 0 unspecified atom stereocenters. The topological polar surface area (TPSA) is 84.9 Å². The number of nitrogens with one attached hydrogen (secondary N) is 1. The van der Waals surface area contributed by atoms with E-state index in [2.05, 4.69) is 5.32 Å². The van der Waals surface area contributed by atoms with E-state index in [1.807, 2.05) is 32.9 Å². The molecule has 9 heteroatoms. The van der Waals surface area contributed by atoms with Gasteiger partial charge in [0.25, 0.3) is 11.1 Å². The van der Waals surface area contributed by atoms with E-state index in [4.69, 9.17) is 21.1 Å². The van der Waals surface area contributed by atoms with Crippen molar-refractivity contribution >= 4 is 52.2 Å². The Balaban J connectivity index is 1.75. The largest absolute Gasteiger partial charge is 0.493 e. The van der Waals surface area contributed by atoms with E-state index in [1.165, 1.54) is 7.11 Å². The highest BCUT2D eigenvalue weighted by atomic mass is 35.5. The molecule has 0 aromatic heterocycles. The molecule has 174 valence electrons. The third kappa shape index (κ3) is 6.09. The molecule has 1 aliphatic heterocycles. The van der Waals surface area contributed by atoms with Crippen LogP contribution in [-0.2, 0) is 9.59 Å². The Bertz CT molecular complexity index is 1100. The van der Waals surface area contributed by atoms with Gasteiger partial charge in [-0.05, 0) is 67.9 Å². The summed E-state index contributed by atoms with van der Waals surface area (Å²) in [5, 5.41) is 2.51. The Morgan fingerprint density at radius 2 is 1.94 bits per heavy atom. The van der Waals surface area contributed by atoms with E-state index < -0.39 is 17.1 Å². The van der Waals surface area contributed by atoms with Crippen LogP contribution in [0.3, 0.4) is 0 Å². The summed E-state index contributed by atoms with van der Waals surface area (Å²) >= 11 is 7.16. The summed E-state index contributed by atoms with van der Waals surface area (Å²) in [6, 6.07) is 10.6. The first kappa shape index (κ1) is 24.7. The van der Waals surface area contributed by atoms with Crippen molar-refractivity contribution in [3.05, 3.63) is 57.5 Å². The molecule has 33 heavy (non-hydrogen) atoms. The van der Waals surface area contributed by atoms with Gasteiger partial charge < -0.3 is 14.8 Å². The number of methoxy groups -OCH3 is 1. The maximum Gasteiger partial charge on any atom is 0.294 e. The molecule has 3 rings (SSSR count). The van der Waals surface area contributed by atoms with E-state index in [9.17, 15) is 14.4 Å². The molecule has 1 aliphatic rings. The fourth-order valence-electron chi connectivity index (χ4n) is 2.99. The highest BCUT2D eigenvalue weighted by Gasteiger charge is 2.36. The number of rotatable bonds is 8. The quantitative estimate of drug-likeness (QED) is 0.493. The molecular weight excluding hydrogens is 464 g/mol. The van der Waals surface area contributed by atoms with E-state index in [0.717, 1.165) is 28.6 Å². The number of nitrogens with zero attached hydrogens (tertiary/aromatic N) is 1. The van der Waals surface area contributed by atoms with Crippen molar-refractivity contribution in [1.82, 2.24) is 4.90 Å². The number of imide groups is 1. The molecule has 0 saturated carbocycles. The molecular formula is C24H25ClN2O5S. The minimum atomic E-state index is -0.543. The molecule has 1 fully saturated rings. The zero-order chi connectivity index (χ0) is 24.1. The van der Waals surface area contributed by atoms with Gasteiger partial charge in [-0.2, -0.15) is 0 Å². The number of aryl methyl sites for hydroxylation is 1. The van der Waals surface area contributed by atoms with Crippen LogP contribution in [0.5, 0.6) is 11.5 Å². The second kappa shape index (κ2) is 10.8. The van der Waals surface area contributed by atoms with Gasteiger partial charge in [0.2, 0.25) is 5.91 Å². The first-order chi connectivity index (χ1) is 15.7. The van der Waals surface area contributed by atoms with Gasteiger partial charge >= 0.3 is 0 Å². The first-order valence-electron chi connectivity index (χ1n) is 10.4. The molecule has 0 spiro atoms. The van der Waals surface area contributed by atoms with Crippen LogP contribution in [0.2, 0.25) is 5.02 Å². The van der Waals surface area contributed by atoms with E-state index >= 15 is 0 Å². The second-order valence-electron chi connectivity index (χ2n) is 7.55. The standard InChI is InChI=1S/C24H25ClN2O5S/c1-5-15(3)32-22-18(25)10-16(11-19(22)31-4)12-20-23(29)27(24(30)33-20)13-21(28)26-17-8-6-14(2)7-9-17/h6-12,15H,5,13H2,1-4H3,(H,26,28)/b20-12-/t15-/m0/s1. The Hall–Kier alpha value is -2.97. The molecule has 0 bridgehead atoms. The van der Waals surface area contributed by atoms with Crippen LogP contribution in [0.25, 0.3) is 6.08 Å². The lowest BCUT2D eigenvalue weighted by Gasteiger charge is -2.17. The van der Waals surface area contributed by atoms with Crippen LogP contribution in [0.4, 0.5) is 10.5 Å². The number of halogens is 1. The summed E-state index contributed by atoms with van der Waals surface area (Å²) in [5.74, 6) is -0.157. The van der Waals surface area contributed by atoms with Gasteiger partial charge in [-0.15, -0.1) is 0 Å². The number of hydrogen-bond donors (Lipinski definition) is 1. The molecule has 0 radical (unpaired) electrons. The first-order valence-corrected chi connectivity index (χ1v) is 11.6. The van der Waals surface area contributed by atoms with Gasteiger partial charge in [-0.3, -0.25) is 19.3 Å². The van der Waals surface area contributed by atoms with Gasteiger partial charge in [-0.25, -0.2) is 0 Å². The Kier molecular flexibility index (Phi) is 8.05. The average Bonchev–Trinajstić information content (AvgIpc) is 3.04. The SMILES string of the molecule is CC[C@H](C)Oc1c(Cl)cc(/C=C2\SC(=O)N(CC(=O)Nc3ccc(C)cc3)C2=O)cc1OC. The van der Waals surface area contributed by atoms with Crippen molar-refractivity contribution in [2.45, 2.75) is 33.3 Å². The Morgan fingerprint density at radius 3 is 2.58 bits per heavy atom. The zero-order valence-corrected chi connectivity index (χ0v) is 20.4. The van der Waals surface area contributed by atoms with E-state index in [1.54, 1.807) is 30.3 Å².